The van der Waals surface area contributed by atoms with Crippen molar-refractivity contribution in [3.05, 3.63) is 60.4 Å². The van der Waals surface area contributed by atoms with Crippen molar-refractivity contribution in [2.45, 2.75) is 25.7 Å². The number of esters is 1. The number of benzene rings is 1. The van der Waals surface area contributed by atoms with E-state index in [1.54, 1.807) is 12.4 Å². The number of nitrogens with zero attached hydrogens (tertiary/aromatic N) is 2. The van der Waals surface area contributed by atoms with Crippen molar-refractivity contribution in [3.63, 3.8) is 0 Å². The Balaban J connectivity index is 1.42. The molecule has 0 bridgehead atoms. The minimum Gasteiger partial charge on any atom is -0.465 e. The molecule has 1 aromatic carbocycles. The molecule has 0 spiro atoms. The summed E-state index contributed by atoms with van der Waals surface area (Å²) in [6.45, 7) is 4.55. The van der Waals surface area contributed by atoms with E-state index in [-0.39, 0.29) is 11.9 Å². The highest BCUT2D eigenvalue weighted by Gasteiger charge is 2.24. The Morgan fingerprint density at radius 1 is 1.25 bits per heavy atom. The van der Waals surface area contributed by atoms with E-state index in [9.17, 15) is 4.79 Å². The molecule has 24 heavy (non-hydrogen) atoms. The van der Waals surface area contributed by atoms with Gasteiger partial charge in [0.15, 0.2) is 0 Å². The predicted octanol–water partition coefficient (Wildman–Crippen LogP) is 3.64. The maximum atomic E-state index is 12.1. The molecule has 0 amide bonds. The Morgan fingerprint density at radius 2 is 2.00 bits per heavy atom. The standard InChI is InChI=1S/C20H24N2O2/c1-16(18-7-10-21-11-8-18)13-20(23)24-15-17-9-12-22(14-17)19-5-3-2-4-6-19/h2-8,10-11,16-17H,9,12-15H2,1H3/t16-,17+/m0/s1. The van der Waals surface area contributed by atoms with Gasteiger partial charge >= 0.3 is 5.97 Å². The van der Waals surface area contributed by atoms with Crippen LogP contribution < -0.4 is 4.90 Å². The van der Waals surface area contributed by atoms with Crippen molar-refractivity contribution in [3.8, 4) is 0 Å². The van der Waals surface area contributed by atoms with E-state index < -0.39 is 0 Å². The second-order valence-electron chi connectivity index (χ2n) is 6.50. The van der Waals surface area contributed by atoms with Crippen LogP contribution in [0.5, 0.6) is 0 Å². The molecule has 1 aromatic heterocycles. The van der Waals surface area contributed by atoms with Crippen molar-refractivity contribution in [2.75, 3.05) is 24.6 Å². The van der Waals surface area contributed by atoms with Crippen LogP contribution in [-0.2, 0) is 9.53 Å². The van der Waals surface area contributed by atoms with Gasteiger partial charge in [0.05, 0.1) is 13.0 Å². The van der Waals surface area contributed by atoms with E-state index in [0.29, 0.717) is 18.9 Å². The van der Waals surface area contributed by atoms with Crippen LogP contribution in [-0.4, -0.2) is 30.6 Å². The third kappa shape index (κ3) is 4.34. The molecule has 4 nitrogen and oxygen atoms in total. The Morgan fingerprint density at radius 3 is 2.75 bits per heavy atom. The molecular formula is C20H24N2O2. The normalized spacial score (nSPS) is 18.4. The first-order valence-electron chi connectivity index (χ1n) is 8.58. The molecule has 0 N–H and O–H groups in total. The molecule has 1 aliphatic heterocycles. The molecule has 1 saturated heterocycles. The molecule has 3 rings (SSSR count). The van der Waals surface area contributed by atoms with Gasteiger partial charge in [-0.3, -0.25) is 9.78 Å². The van der Waals surface area contributed by atoms with Crippen molar-refractivity contribution in [2.24, 2.45) is 5.92 Å². The SMILES string of the molecule is C[C@@H](CC(=O)OC[C@@H]1CCN(c2ccccc2)C1)c1ccncc1. The van der Waals surface area contributed by atoms with Crippen LogP contribution >= 0.6 is 0 Å². The number of hydrogen-bond donors (Lipinski definition) is 0. The lowest BCUT2D eigenvalue weighted by Crippen LogP contribution is -2.22. The number of carbonyl (C=O) groups excluding carboxylic acids is 1. The van der Waals surface area contributed by atoms with Crippen LogP contribution in [0.3, 0.4) is 0 Å². The summed E-state index contributed by atoms with van der Waals surface area (Å²) < 4.78 is 5.52. The summed E-state index contributed by atoms with van der Waals surface area (Å²) in [5, 5.41) is 0. The minimum absolute atomic E-state index is 0.113. The number of rotatable bonds is 6. The molecule has 1 aliphatic rings. The number of anilines is 1. The average molecular weight is 324 g/mol. The maximum Gasteiger partial charge on any atom is 0.306 e. The second kappa shape index (κ2) is 7.95. The minimum atomic E-state index is -0.113. The van der Waals surface area contributed by atoms with Gasteiger partial charge in [-0.1, -0.05) is 25.1 Å². The molecule has 0 unspecified atom stereocenters. The molecule has 0 aliphatic carbocycles. The van der Waals surface area contributed by atoms with Crippen molar-refractivity contribution >= 4 is 11.7 Å². The van der Waals surface area contributed by atoms with Crippen LogP contribution in [0.4, 0.5) is 5.69 Å². The van der Waals surface area contributed by atoms with E-state index in [4.69, 9.17) is 4.74 Å². The molecule has 4 heteroatoms. The van der Waals surface area contributed by atoms with Crippen LogP contribution in [0.15, 0.2) is 54.9 Å². The van der Waals surface area contributed by atoms with E-state index >= 15 is 0 Å². The zero-order valence-corrected chi connectivity index (χ0v) is 14.1. The summed E-state index contributed by atoms with van der Waals surface area (Å²) >= 11 is 0. The van der Waals surface area contributed by atoms with Crippen LogP contribution in [0.1, 0.15) is 31.2 Å². The largest absolute Gasteiger partial charge is 0.465 e. The highest BCUT2D eigenvalue weighted by Crippen LogP contribution is 2.24. The van der Waals surface area contributed by atoms with E-state index in [1.165, 1.54) is 5.69 Å². The van der Waals surface area contributed by atoms with Crippen LogP contribution in [0.25, 0.3) is 0 Å². The van der Waals surface area contributed by atoms with E-state index in [1.807, 2.05) is 25.1 Å². The van der Waals surface area contributed by atoms with Gasteiger partial charge in [0.1, 0.15) is 0 Å². The first-order chi connectivity index (χ1) is 11.7. The van der Waals surface area contributed by atoms with E-state index in [0.717, 1.165) is 25.1 Å². The number of hydrogen-bond acceptors (Lipinski definition) is 4. The fraction of sp³-hybridized carbons (Fsp3) is 0.400. The summed E-state index contributed by atoms with van der Waals surface area (Å²) in [7, 11) is 0. The zero-order chi connectivity index (χ0) is 16.8. The van der Waals surface area contributed by atoms with Crippen LogP contribution in [0.2, 0.25) is 0 Å². The number of aromatic nitrogens is 1. The molecule has 126 valence electrons. The monoisotopic (exact) mass is 324 g/mol. The highest BCUT2D eigenvalue weighted by molar-refractivity contribution is 5.70. The van der Waals surface area contributed by atoms with Gasteiger partial charge in [-0.2, -0.15) is 0 Å². The van der Waals surface area contributed by atoms with Crippen molar-refractivity contribution < 1.29 is 9.53 Å². The molecule has 0 radical (unpaired) electrons. The topological polar surface area (TPSA) is 42.4 Å². The number of pyridine rings is 1. The lowest BCUT2D eigenvalue weighted by atomic mass is 9.99. The Kier molecular flexibility index (Phi) is 5.47. The lowest BCUT2D eigenvalue weighted by Gasteiger charge is -2.18. The highest BCUT2D eigenvalue weighted by atomic mass is 16.5. The molecule has 1 fully saturated rings. The fourth-order valence-electron chi connectivity index (χ4n) is 3.17. The first kappa shape index (κ1) is 16.5. The Bertz CT molecular complexity index is 645. The van der Waals surface area contributed by atoms with Gasteiger partial charge in [-0.25, -0.2) is 0 Å². The summed E-state index contributed by atoms with van der Waals surface area (Å²) in [5.41, 5.74) is 2.37. The summed E-state index contributed by atoms with van der Waals surface area (Å²) in [5.74, 6) is 0.466. The Hall–Kier alpha value is -2.36. The third-order valence-corrected chi connectivity index (χ3v) is 4.64. The summed E-state index contributed by atoms with van der Waals surface area (Å²) in [4.78, 5) is 18.4. The van der Waals surface area contributed by atoms with Gasteiger partial charge in [0, 0.05) is 37.1 Å². The van der Waals surface area contributed by atoms with Crippen LogP contribution in [0, 0.1) is 5.92 Å². The van der Waals surface area contributed by atoms with Gasteiger partial charge in [-0.05, 0) is 42.2 Å². The Labute approximate surface area is 143 Å². The number of carbonyl (C=O) groups is 1. The van der Waals surface area contributed by atoms with Gasteiger partial charge < -0.3 is 9.64 Å². The number of para-hydroxylation sites is 1. The average Bonchev–Trinajstić information content (AvgIpc) is 3.10. The maximum absolute atomic E-state index is 12.1. The summed E-state index contributed by atoms with van der Waals surface area (Å²) in [6, 6.07) is 14.3. The third-order valence-electron chi connectivity index (χ3n) is 4.64. The molecule has 0 saturated carbocycles. The second-order valence-corrected chi connectivity index (χ2v) is 6.50. The molecule has 2 heterocycles. The van der Waals surface area contributed by atoms with Gasteiger partial charge in [0.25, 0.3) is 0 Å². The van der Waals surface area contributed by atoms with Gasteiger partial charge in [0.2, 0.25) is 0 Å². The molecule has 2 atom stereocenters. The smallest absolute Gasteiger partial charge is 0.306 e. The van der Waals surface area contributed by atoms with Gasteiger partial charge in [-0.15, -0.1) is 0 Å². The van der Waals surface area contributed by atoms with Crippen molar-refractivity contribution in [1.29, 1.82) is 0 Å². The van der Waals surface area contributed by atoms with Crippen molar-refractivity contribution in [1.82, 2.24) is 4.98 Å². The predicted molar refractivity (Wildman–Crippen MR) is 95.0 cm³/mol. The molecular weight excluding hydrogens is 300 g/mol. The molecule has 2 aromatic rings. The first-order valence-corrected chi connectivity index (χ1v) is 8.58. The fourth-order valence-corrected chi connectivity index (χ4v) is 3.17. The summed E-state index contributed by atoms with van der Waals surface area (Å²) in [6.07, 6.45) is 5.00. The zero-order valence-electron chi connectivity index (χ0n) is 14.1. The number of ether oxygens (including phenoxy) is 1. The van der Waals surface area contributed by atoms with E-state index in [2.05, 4.69) is 34.1 Å². The lowest BCUT2D eigenvalue weighted by molar-refractivity contribution is -0.145. The quantitative estimate of drug-likeness (QED) is 0.761.